The number of phenolic OH excluding ortho intramolecular Hbond substituents is 1. The largest absolute Gasteiger partial charge is 0.507 e. The van der Waals surface area contributed by atoms with Gasteiger partial charge in [-0.15, -0.1) is 0 Å². The van der Waals surface area contributed by atoms with Crippen LogP contribution in [-0.2, 0) is 22.6 Å². The number of carbonyl (C=O) groups excluding carboxylic acids is 1. The van der Waals surface area contributed by atoms with Crippen LogP contribution in [-0.4, -0.2) is 28.8 Å². The van der Waals surface area contributed by atoms with Crippen molar-refractivity contribution in [1.82, 2.24) is 5.32 Å². The smallest absolute Gasteiger partial charge is 0.244 e. The number of carbonyl (C=O) groups is 1. The van der Waals surface area contributed by atoms with Gasteiger partial charge >= 0.3 is 0 Å². The van der Waals surface area contributed by atoms with E-state index in [4.69, 9.17) is 16.3 Å². The van der Waals surface area contributed by atoms with Gasteiger partial charge in [0, 0.05) is 16.7 Å². The van der Waals surface area contributed by atoms with E-state index in [0.717, 1.165) is 23.1 Å². The van der Waals surface area contributed by atoms with E-state index in [9.17, 15) is 15.0 Å². The number of aliphatic hydroxyl groups excluding tert-OH is 1. The zero-order valence-corrected chi connectivity index (χ0v) is 25.6. The zero-order chi connectivity index (χ0) is 30.7. The number of aromatic hydroxyl groups is 1. The van der Waals surface area contributed by atoms with Gasteiger partial charge in [-0.05, 0) is 78.4 Å². The van der Waals surface area contributed by atoms with Crippen molar-refractivity contribution in [1.29, 1.82) is 0 Å². The van der Waals surface area contributed by atoms with Crippen molar-refractivity contribution in [3.05, 3.63) is 131 Å². The molecule has 222 valence electrons. The van der Waals surface area contributed by atoms with Gasteiger partial charge in [-0.2, -0.15) is 0 Å². The van der Waals surface area contributed by atoms with Gasteiger partial charge in [0.25, 0.3) is 0 Å². The first kappa shape index (κ1) is 34.1. The Morgan fingerprint density at radius 3 is 2.26 bits per heavy atom. The number of hydrogen-bond acceptors (Lipinski definition) is 4. The molecule has 0 spiro atoms. The molecule has 1 unspecified atom stereocenters. The second-order valence-electron chi connectivity index (χ2n) is 9.19. The molecule has 0 fully saturated rings. The van der Waals surface area contributed by atoms with E-state index in [1.165, 1.54) is 11.6 Å². The molecule has 6 heteroatoms. The molecule has 0 radical (unpaired) electrons. The number of benzene rings is 3. The fraction of sp³-hybridized carbons (Fsp3) is 0.250. The van der Waals surface area contributed by atoms with E-state index >= 15 is 0 Å². The number of halogens is 1. The highest BCUT2D eigenvalue weighted by molar-refractivity contribution is 6.30. The first-order valence-electron chi connectivity index (χ1n) is 14.3. The second-order valence-corrected chi connectivity index (χ2v) is 9.63. The van der Waals surface area contributed by atoms with Crippen LogP contribution in [0.2, 0.25) is 5.02 Å². The fourth-order valence-electron chi connectivity index (χ4n) is 3.86. The molecule has 5 nitrogen and oxygen atoms in total. The highest BCUT2D eigenvalue weighted by Gasteiger charge is 2.08. The highest BCUT2D eigenvalue weighted by atomic mass is 35.5. The van der Waals surface area contributed by atoms with Crippen LogP contribution in [0.3, 0.4) is 0 Å². The van der Waals surface area contributed by atoms with Gasteiger partial charge in [0.15, 0.2) is 0 Å². The number of hydrogen-bond donors (Lipinski definition) is 3. The Hall–Kier alpha value is -4.06. The van der Waals surface area contributed by atoms with E-state index < -0.39 is 6.04 Å². The molecule has 0 heterocycles. The van der Waals surface area contributed by atoms with Gasteiger partial charge in [-0.25, -0.2) is 0 Å². The van der Waals surface area contributed by atoms with Gasteiger partial charge in [0.1, 0.15) is 18.1 Å². The van der Waals surface area contributed by atoms with Crippen LogP contribution in [0.1, 0.15) is 50.8 Å². The van der Waals surface area contributed by atoms with Crippen molar-refractivity contribution in [2.75, 3.05) is 6.61 Å². The molecule has 3 rings (SSSR count). The normalized spacial score (nSPS) is 12.4. The monoisotopic (exact) mass is 587 g/mol. The molecule has 0 bridgehead atoms. The van der Waals surface area contributed by atoms with E-state index in [0.29, 0.717) is 29.4 Å². The summed E-state index contributed by atoms with van der Waals surface area (Å²) in [5.41, 5.74) is 4.66. The van der Waals surface area contributed by atoms with Gasteiger partial charge in [-0.3, -0.25) is 4.79 Å². The molecule has 0 aliphatic carbocycles. The lowest BCUT2D eigenvalue weighted by molar-refractivity contribution is -0.117. The number of amides is 1. The number of allylic oxidation sites excluding steroid dienone is 4. The third-order valence-corrected chi connectivity index (χ3v) is 6.43. The molecular formula is C36H42ClNO4. The van der Waals surface area contributed by atoms with Crippen LogP contribution in [0.15, 0.2) is 109 Å². The minimum atomic E-state index is -0.453. The highest BCUT2D eigenvalue weighted by Crippen LogP contribution is 2.28. The van der Waals surface area contributed by atoms with Crippen LogP contribution in [0.4, 0.5) is 0 Å². The summed E-state index contributed by atoms with van der Waals surface area (Å²) in [6.07, 6.45) is 13.7. The Balaban J connectivity index is 0.00000301. The first-order chi connectivity index (χ1) is 20.4. The molecule has 0 aliphatic rings. The Morgan fingerprint density at radius 2 is 1.64 bits per heavy atom. The molecule has 1 atom stereocenters. The average molecular weight is 588 g/mol. The van der Waals surface area contributed by atoms with Crippen molar-refractivity contribution < 1.29 is 19.7 Å². The molecule has 42 heavy (non-hydrogen) atoms. The molecule has 3 N–H and O–H groups in total. The summed E-state index contributed by atoms with van der Waals surface area (Å²) in [6, 6.07) is 20.5. The minimum Gasteiger partial charge on any atom is -0.507 e. The predicted octanol–water partition coefficient (Wildman–Crippen LogP) is 8.41. The van der Waals surface area contributed by atoms with Crippen LogP contribution in [0.25, 0.3) is 17.2 Å². The lowest BCUT2D eigenvalue weighted by atomic mass is 10.0. The van der Waals surface area contributed by atoms with Gasteiger partial charge in [-0.1, -0.05) is 99.1 Å². The Kier molecular flexibility index (Phi) is 15.6. The molecule has 0 saturated carbocycles. The molecule has 3 aromatic rings. The standard InChI is InChI=1S/C34H36ClNO4.C2H6/c1-3-7-32(40-24-26-12-10-25(4-2)11-13-26)9-6-5-8-31(23-37)36-34(39)21-18-28-14-15-29(22-33(28)38)27-16-19-30(35)20-17-27;1-2/h3,5-7,9-22,31,37-38H,4,8,23-24H2,1-2H3,(H,36,39);1-2H3/b6-5+,7-3-,21-18+,32-9+;. The maximum Gasteiger partial charge on any atom is 0.244 e. The predicted molar refractivity (Wildman–Crippen MR) is 175 cm³/mol. The third kappa shape index (κ3) is 11.8. The van der Waals surface area contributed by atoms with Gasteiger partial charge in [0.2, 0.25) is 5.91 Å². The zero-order valence-electron chi connectivity index (χ0n) is 24.9. The molecular weight excluding hydrogens is 546 g/mol. The maximum atomic E-state index is 12.4. The van der Waals surface area contributed by atoms with Crippen molar-refractivity contribution in [3.63, 3.8) is 0 Å². The number of phenols is 1. The van der Waals surface area contributed by atoms with Crippen LogP contribution in [0, 0.1) is 0 Å². The quantitative estimate of drug-likeness (QED) is 0.107. The molecule has 0 aromatic heterocycles. The summed E-state index contributed by atoms with van der Waals surface area (Å²) in [4.78, 5) is 12.4. The minimum absolute atomic E-state index is 0.0575. The average Bonchev–Trinajstić information content (AvgIpc) is 3.02. The fourth-order valence-corrected chi connectivity index (χ4v) is 3.99. The van der Waals surface area contributed by atoms with Crippen LogP contribution >= 0.6 is 11.6 Å². The van der Waals surface area contributed by atoms with E-state index in [2.05, 4.69) is 36.5 Å². The Labute approximate surface area is 255 Å². The SMILES string of the molecule is CC.C\C=C/C(=C\C=C\CC(CO)NC(=O)/C=C/c1ccc(-c2ccc(Cl)cc2)cc1O)OCc1ccc(CC)cc1. The van der Waals surface area contributed by atoms with Crippen molar-refractivity contribution in [2.45, 2.75) is 53.2 Å². The first-order valence-corrected chi connectivity index (χ1v) is 14.7. The summed E-state index contributed by atoms with van der Waals surface area (Å²) >= 11 is 5.94. The van der Waals surface area contributed by atoms with E-state index in [1.807, 2.05) is 69.4 Å². The molecule has 0 aliphatic heterocycles. The van der Waals surface area contributed by atoms with Gasteiger partial charge < -0.3 is 20.3 Å². The summed E-state index contributed by atoms with van der Waals surface area (Å²) < 4.78 is 5.93. The Morgan fingerprint density at radius 1 is 0.976 bits per heavy atom. The number of ether oxygens (including phenoxy) is 1. The van der Waals surface area contributed by atoms with Crippen LogP contribution in [0.5, 0.6) is 5.75 Å². The topological polar surface area (TPSA) is 78.8 Å². The van der Waals surface area contributed by atoms with Crippen molar-refractivity contribution >= 4 is 23.6 Å². The molecule has 0 saturated heterocycles. The summed E-state index contributed by atoms with van der Waals surface area (Å²) in [5, 5.41) is 23.6. The summed E-state index contributed by atoms with van der Waals surface area (Å²) in [5.74, 6) is 0.408. The Bertz CT molecular complexity index is 1360. The van der Waals surface area contributed by atoms with Crippen molar-refractivity contribution in [2.24, 2.45) is 0 Å². The van der Waals surface area contributed by atoms with E-state index in [-0.39, 0.29) is 18.3 Å². The third-order valence-electron chi connectivity index (χ3n) is 6.17. The lowest BCUT2D eigenvalue weighted by Gasteiger charge is -2.12. The van der Waals surface area contributed by atoms with Gasteiger partial charge in [0.05, 0.1) is 12.6 Å². The number of aryl methyl sites for hydroxylation is 1. The molecule has 3 aromatic carbocycles. The lowest BCUT2D eigenvalue weighted by Crippen LogP contribution is -2.36. The van der Waals surface area contributed by atoms with Crippen molar-refractivity contribution in [3.8, 4) is 16.9 Å². The summed E-state index contributed by atoms with van der Waals surface area (Å²) in [6.45, 7) is 8.31. The van der Waals surface area contributed by atoms with E-state index in [1.54, 1.807) is 30.3 Å². The second kappa shape index (κ2) is 19.1. The number of nitrogens with one attached hydrogen (secondary N) is 1. The maximum absolute atomic E-state index is 12.4. The summed E-state index contributed by atoms with van der Waals surface area (Å²) in [7, 11) is 0. The van der Waals surface area contributed by atoms with Crippen LogP contribution < -0.4 is 5.32 Å². The number of rotatable bonds is 13. The molecule has 1 amide bonds. The number of aliphatic hydroxyl groups is 1.